The number of unbranched alkanes of at least 4 members (excludes halogenated alkanes) is 19. The summed E-state index contributed by atoms with van der Waals surface area (Å²) in [6, 6.07) is -0.993. The molecule has 1 aliphatic heterocycles. The number of aliphatic hydroxyl groups excluding tert-OH is 6. The van der Waals surface area contributed by atoms with Gasteiger partial charge < -0.3 is 45.4 Å². The van der Waals surface area contributed by atoms with E-state index in [4.69, 9.17) is 9.47 Å². The molecular weight excluding hydrogens is 662 g/mol. The van der Waals surface area contributed by atoms with Crippen molar-refractivity contribution in [2.24, 2.45) is 0 Å². The first kappa shape index (κ1) is 48.6. The molecule has 7 N–H and O–H groups in total. The molecule has 306 valence electrons. The predicted octanol–water partition coefficient (Wildman–Crippen LogP) is 6.91. The molecule has 0 unspecified atom stereocenters. The minimum atomic E-state index is -1.61. The van der Waals surface area contributed by atoms with Crippen LogP contribution in [0.3, 0.4) is 0 Å². The van der Waals surface area contributed by atoms with E-state index >= 15 is 0 Å². The first-order chi connectivity index (χ1) is 25.2. The van der Waals surface area contributed by atoms with E-state index in [1.807, 2.05) is 6.08 Å². The molecule has 0 radical (unpaired) electrons. The molecule has 0 saturated carbocycles. The minimum Gasteiger partial charge on any atom is -0.394 e. The lowest BCUT2D eigenvalue weighted by Gasteiger charge is -2.40. The summed E-state index contributed by atoms with van der Waals surface area (Å²) in [5.74, 6) is -0.627. The van der Waals surface area contributed by atoms with Gasteiger partial charge in [-0.1, -0.05) is 160 Å². The standard InChI is InChI=1S/C42H79NO9/c1-4-6-8-10-12-13-14-15-16-17-18-19-21-25-30-36(46)41(50)43-34(32-51-42-40(49)39(48)38(47)37(31-44)52-42)35(45)29-26-22-24-28-33(3)27-23-20-11-9-7-5-2/h26,28-29,34-40,42,44-49H,4-25,27,30-32H2,1-3H3,(H,43,50)/b29-26+,33-28+/t34-,35+,36+,37+,38+,39-,40+,42+/m0/s1. The maximum Gasteiger partial charge on any atom is 0.249 e. The number of aliphatic hydroxyl groups is 6. The Morgan fingerprint density at radius 1 is 0.731 bits per heavy atom. The fraction of sp³-hybridized carbons (Fsp3) is 0.881. The number of hydrogen-bond donors (Lipinski definition) is 7. The van der Waals surface area contributed by atoms with Crippen LogP contribution in [-0.2, 0) is 14.3 Å². The van der Waals surface area contributed by atoms with E-state index < -0.39 is 61.5 Å². The van der Waals surface area contributed by atoms with E-state index in [0.717, 1.165) is 32.1 Å². The largest absolute Gasteiger partial charge is 0.394 e. The number of amides is 1. The average molecular weight is 742 g/mol. The summed E-state index contributed by atoms with van der Waals surface area (Å²) >= 11 is 0. The molecule has 0 aromatic heterocycles. The summed E-state index contributed by atoms with van der Waals surface area (Å²) in [6.07, 6.45) is 23.5. The zero-order chi connectivity index (χ0) is 38.4. The Balaban J connectivity index is 2.55. The van der Waals surface area contributed by atoms with Crippen molar-refractivity contribution in [1.29, 1.82) is 0 Å². The SMILES string of the molecule is CCCCCCCCCCCCCCCC[C@@H](O)C(=O)N[C@@H](CO[C@@H]1O[C@H](CO)[C@@H](O)[C@H](O)[C@H]1O)[C@H](O)/C=C/CC/C=C(\C)CCCCCCCC. The van der Waals surface area contributed by atoms with Gasteiger partial charge in [0.1, 0.15) is 30.5 Å². The Bertz CT molecular complexity index is 914. The van der Waals surface area contributed by atoms with Crippen LogP contribution >= 0.6 is 0 Å². The summed E-state index contributed by atoms with van der Waals surface area (Å²) in [6.45, 7) is 5.70. The molecular formula is C42H79NO9. The molecule has 0 aromatic rings. The topological polar surface area (TPSA) is 169 Å². The number of carbonyl (C=O) groups excluding carboxylic acids is 1. The van der Waals surface area contributed by atoms with Crippen molar-refractivity contribution in [2.75, 3.05) is 13.2 Å². The predicted molar refractivity (Wildman–Crippen MR) is 209 cm³/mol. The van der Waals surface area contributed by atoms with Crippen molar-refractivity contribution in [3.63, 3.8) is 0 Å². The van der Waals surface area contributed by atoms with Gasteiger partial charge in [0, 0.05) is 0 Å². The molecule has 1 amide bonds. The molecule has 0 aromatic carbocycles. The zero-order valence-corrected chi connectivity index (χ0v) is 33.1. The fourth-order valence-corrected chi connectivity index (χ4v) is 6.65. The third-order valence-electron chi connectivity index (χ3n) is 10.2. The summed E-state index contributed by atoms with van der Waals surface area (Å²) in [5, 5.41) is 64.5. The Kier molecular flexibility index (Phi) is 29.9. The number of hydrogen-bond acceptors (Lipinski definition) is 9. The molecule has 1 rings (SSSR count). The Morgan fingerprint density at radius 3 is 1.79 bits per heavy atom. The lowest BCUT2D eigenvalue weighted by Crippen LogP contribution is -2.60. The van der Waals surface area contributed by atoms with Gasteiger partial charge in [0.25, 0.3) is 0 Å². The van der Waals surface area contributed by atoms with Crippen molar-refractivity contribution >= 4 is 5.91 Å². The van der Waals surface area contributed by atoms with Gasteiger partial charge in [-0.2, -0.15) is 0 Å². The molecule has 8 atom stereocenters. The molecule has 1 fully saturated rings. The van der Waals surface area contributed by atoms with Gasteiger partial charge in [-0.15, -0.1) is 0 Å². The number of ether oxygens (including phenoxy) is 2. The quantitative estimate of drug-likeness (QED) is 0.0279. The van der Waals surface area contributed by atoms with Crippen LogP contribution in [0.1, 0.15) is 175 Å². The highest BCUT2D eigenvalue weighted by Gasteiger charge is 2.44. The molecule has 10 heteroatoms. The van der Waals surface area contributed by atoms with Crippen LogP contribution in [0.25, 0.3) is 0 Å². The monoisotopic (exact) mass is 742 g/mol. The summed E-state index contributed by atoms with van der Waals surface area (Å²) in [4.78, 5) is 13.0. The van der Waals surface area contributed by atoms with Crippen LogP contribution in [-0.4, -0.2) is 98.7 Å². The number of carbonyl (C=O) groups is 1. The summed E-state index contributed by atoms with van der Waals surface area (Å²) < 4.78 is 11.1. The maximum absolute atomic E-state index is 13.0. The van der Waals surface area contributed by atoms with Gasteiger partial charge >= 0.3 is 0 Å². The van der Waals surface area contributed by atoms with Crippen LogP contribution in [0.4, 0.5) is 0 Å². The van der Waals surface area contributed by atoms with E-state index in [1.165, 1.54) is 108 Å². The van der Waals surface area contributed by atoms with E-state index in [1.54, 1.807) is 6.08 Å². The van der Waals surface area contributed by atoms with Gasteiger partial charge in [-0.3, -0.25) is 4.79 Å². The maximum atomic E-state index is 13.0. The van der Waals surface area contributed by atoms with Crippen LogP contribution in [0.5, 0.6) is 0 Å². The van der Waals surface area contributed by atoms with Gasteiger partial charge in [-0.05, 0) is 39.0 Å². The second-order valence-electron chi connectivity index (χ2n) is 15.1. The average Bonchev–Trinajstić information content (AvgIpc) is 3.14. The van der Waals surface area contributed by atoms with Gasteiger partial charge in [0.05, 0.1) is 25.4 Å². The Labute approximate surface area is 316 Å². The second-order valence-corrected chi connectivity index (χ2v) is 15.1. The van der Waals surface area contributed by atoms with Gasteiger partial charge in [0.2, 0.25) is 5.91 Å². The molecule has 0 bridgehead atoms. The normalized spacial score (nSPS) is 22.9. The lowest BCUT2D eigenvalue weighted by molar-refractivity contribution is -0.302. The molecule has 0 aliphatic carbocycles. The molecule has 1 aliphatic rings. The highest BCUT2D eigenvalue weighted by molar-refractivity contribution is 5.80. The Hall–Kier alpha value is -1.37. The van der Waals surface area contributed by atoms with Crippen molar-refractivity contribution in [2.45, 2.75) is 224 Å². The fourth-order valence-electron chi connectivity index (χ4n) is 6.65. The minimum absolute atomic E-state index is 0.306. The Morgan fingerprint density at radius 2 is 1.25 bits per heavy atom. The smallest absolute Gasteiger partial charge is 0.249 e. The van der Waals surface area contributed by atoms with Crippen molar-refractivity contribution < 1.29 is 44.9 Å². The van der Waals surface area contributed by atoms with E-state index in [9.17, 15) is 35.4 Å². The first-order valence-corrected chi connectivity index (χ1v) is 21.1. The van der Waals surface area contributed by atoms with Crippen molar-refractivity contribution in [1.82, 2.24) is 5.32 Å². The van der Waals surface area contributed by atoms with Crippen molar-refractivity contribution in [3.8, 4) is 0 Å². The van der Waals surface area contributed by atoms with Crippen LogP contribution in [0, 0.1) is 0 Å². The van der Waals surface area contributed by atoms with Gasteiger partial charge in [-0.25, -0.2) is 0 Å². The van der Waals surface area contributed by atoms with Crippen LogP contribution in [0.2, 0.25) is 0 Å². The second kappa shape index (κ2) is 31.9. The number of nitrogens with one attached hydrogen (secondary N) is 1. The third-order valence-corrected chi connectivity index (χ3v) is 10.2. The van der Waals surface area contributed by atoms with E-state index in [2.05, 4.69) is 32.2 Å². The molecule has 1 saturated heterocycles. The summed E-state index contributed by atoms with van der Waals surface area (Å²) in [5.41, 5.74) is 1.36. The highest BCUT2D eigenvalue weighted by atomic mass is 16.7. The van der Waals surface area contributed by atoms with Crippen molar-refractivity contribution in [3.05, 3.63) is 23.8 Å². The van der Waals surface area contributed by atoms with Crippen LogP contribution < -0.4 is 5.32 Å². The molecule has 10 nitrogen and oxygen atoms in total. The molecule has 52 heavy (non-hydrogen) atoms. The van der Waals surface area contributed by atoms with E-state index in [0.29, 0.717) is 19.3 Å². The summed E-state index contributed by atoms with van der Waals surface area (Å²) in [7, 11) is 0. The zero-order valence-electron chi connectivity index (χ0n) is 33.1. The van der Waals surface area contributed by atoms with Crippen LogP contribution in [0.15, 0.2) is 23.8 Å². The van der Waals surface area contributed by atoms with Gasteiger partial charge in [0.15, 0.2) is 6.29 Å². The molecule has 1 heterocycles. The first-order valence-electron chi connectivity index (χ1n) is 21.1. The highest BCUT2D eigenvalue weighted by Crippen LogP contribution is 2.22. The third kappa shape index (κ3) is 22.8. The van der Waals surface area contributed by atoms with E-state index in [-0.39, 0.29) is 6.61 Å². The molecule has 0 spiro atoms. The number of allylic oxidation sites excluding steroid dienone is 3. The lowest BCUT2D eigenvalue weighted by atomic mass is 9.99. The number of rotatable bonds is 33.